The van der Waals surface area contributed by atoms with E-state index >= 15 is 0 Å². The van der Waals surface area contributed by atoms with Crippen molar-refractivity contribution >= 4 is 40.1 Å². The van der Waals surface area contributed by atoms with Gasteiger partial charge in [0.15, 0.2) is 0 Å². The lowest BCUT2D eigenvalue weighted by atomic mass is 10.2. The van der Waals surface area contributed by atoms with E-state index in [1.165, 1.54) is 8.97 Å². The molecule has 2 amide bonds. The number of para-hydroxylation sites is 1. The summed E-state index contributed by atoms with van der Waals surface area (Å²) in [5.74, 6) is -0.598. The lowest BCUT2D eigenvalue weighted by Crippen LogP contribution is -2.33. The molecule has 35 heavy (non-hydrogen) atoms. The van der Waals surface area contributed by atoms with Crippen molar-refractivity contribution in [1.82, 2.24) is 29.4 Å². The van der Waals surface area contributed by atoms with E-state index < -0.39 is 11.6 Å². The number of carbonyl (C=O) groups is 2. The molecule has 0 saturated carbocycles. The van der Waals surface area contributed by atoms with Crippen molar-refractivity contribution in [3.8, 4) is 0 Å². The molecule has 2 heterocycles. The Morgan fingerprint density at radius 3 is 2.49 bits per heavy atom. The van der Waals surface area contributed by atoms with Gasteiger partial charge in [-0.25, -0.2) is 13.9 Å². The highest BCUT2D eigenvalue weighted by molar-refractivity contribution is 6.31. The first-order valence-corrected chi connectivity index (χ1v) is 11.5. The van der Waals surface area contributed by atoms with E-state index in [1.807, 2.05) is 19.9 Å². The smallest absolute Gasteiger partial charge is 0.352 e. The Balaban J connectivity index is 1.67. The predicted octanol–water partition coefficient (Wildman–Crippen LogP) is 1.70. The summed E-state index contributed by atoms with van der Waals surface area (Å²) in [6.45, 7) is 3.56. The van der Waals surface area contributed by atoms with Crippen molar-refractivity contribution in [2.45, 2.75) is 45.9 Å². The van der Waals surface area contributed by atoms with Crippen LogP contribution in [-0.4, -0.2) is 36.6 Å². The SMILES string of the molecule is CC(C)NC(=O)CCn1c(=O)c2ccccc2n2c(=O)n(CC(=O)NCc3ccccc3Cl)nc12. The van der Waals surface area contributed by atoms with Crippen molar-refractivity contribution in [2.75, 3.05) is 0 Å². The van der Waals surface area contributed by atoms with Gasteiger partial charge in [0.25, 0.3) is 5.56 Å². The summed E-state index contributed by atoms with van der Waals surface area (Å²) < 4.78 is 3.59. The van der Waals surface area contributed by atoms with Crippen LogP contribution in [-0.2, 0) is 29.2 Å². The van der Waals surface area contributed by atoms with Gasteiger partial charge in [0.1, 0.15) is 6.54 Å². The van der Waals surface area contributed by atoms with Gasteiger partial charge in [-0.2, -0.15) is 0 Å². The maximum absolute atomic E-state index is 13.2. The maximum atomic E-state index is 13.2. The zero-order valence-corrected chi connectivity index (χ0v) is 20.1. The number of hydrogen-bond acceptors (Lipinski definition) is 5. The maximum Gasteiger partial charge on any atom is 0.352 e. The number of nitrogens with one attached hydrogen (secondary N) is 2. The van der Waals surface area contributed by atoms with E-state index in [2.05, 4.69) is 15.7 Å². The number of aryl methyl sites for hydroxylation is 1. The van der Waals surface area contributed by atoms with E-state index in [4.69, 9.17) is 11.6 Å². The molecular weight excluding hydrogens is 472 g/mol. The summed E-state index contributed by atoms with van der Waals surface area (Å²) in [7, 11) is 0. The highest BCUT2D eigenvalue weighted by atomic mass is 35.5. The van der Waals surface area contributed by atoms with Crippen molar-refractivity contribution in [1.29, 1.82) is 0 Å². The van der Waals surface area contributed by atoms with Gasteiger partial charge in [-0.1, -0.05) is 41.9 Å². The molecule has 0 bridgehead atoms. The van der Waals surface area contributed by atoms with Crippen LogP contribution in [0.15, 0.2) is 58.1 Å². The summed E-state index contributed by atoms with van der Waals surface area (Å²) in [5.41, 5.74) is 0.183. The van der Waals surface area contributed by atoms with Crippen LogP contribution in [0.2, 0.25) is 5.02 Å². The Bertz CT molecular complexity index is 1530. The predicted molar refractivity (Wildman–Crippen MR) is 132 cm³/mol. The second-order valence-corrected chi connectivity index (χ2v) is 8.80. The molecule has 0 aliphatic carbocycles. The molecule has 11 heteroatoms. The minimum atomic E-state index is -0.565. The summed E-state index contributed by atoms with van der Waals surface area (Å²) in [5, 5.41) is 10.6. The molecule has 4 aromatic rings. The third kappa shape index (κ3) is 5.12. The molecule has 2 aromatic carbocycles. The molecule has 0 spiro atoms. The third-order valence-electron chi connectivity index (χ3n) is 5.42. The van der Waals surface area contributed by atoms with Crippen LogP contribution in [0, 0.1) is 0 Å². The molecule has 0 saturated heterocycles. The number of halogens is 1. The molecule has 4 rings (SSSR count). The topological polar surface area (TPSA) is 120 Å². The summed E-state index contributed by atoms with van der Waals surface area (Å²) in [6.07, 6.45) is 0.0332. The Morgan fingerprint density at radius 1 is 1.03 bits per heavy atom. The van der Waals surface area contributed by atoms with Gasteiger partial charge in [0, 0.05) is 30.6 Å². The van der Waals surface area contributed by atoms with Crippen LogP contribution in [0.3, 0.4) is 0 Å². The minimum absolute atomic E-state index is 0.0286. The molecule has 0 aliphatic rings. The molecule has 0 atom stereocenters. The first-order chi connectivity index (χ1) is 16.8. The fourth-order valence-electron chi connectivity index (χ4n) is 3.81. The van der Waals surface area contributed by atoms with Crippen LogP contribution < -0.4 is 21.9 Å². The Kier molecular flexibility index (Phi) is 7.02. The summed E-state index contributed by atoms with van der Waals surface area (Å²) in [6, 6.07) is 13.7. The van der Waals surface area contributed by atoms with Gasteiger partial charge < -0.3 is 10.6 Å². The van der Waals surface area contributed by atoms with Gasteiger partial charge in [0.05, 0.1) is 10.9 Å². The molecule has 0 unspecified atom stereocenters. The van der Waals surface area contributed by atoms with E-state index in [1.54, 1.807) is 42.5 Å². The number of fused-ring (bicyclic) bond motifs is 3. The number of aromatic nitrogens is 4. The Labute approximate surface area is 205 Å². The quantitative estimate of drug-likeness (QED) is 0.385. The van der Waals surface area contributed by atoms with Gasteiger partial charge in [-0.15, -0.1) is 5.10 Å². The average Bonchev–Trinajstić information content (AvgIpc) is 3.13. The van der Waals surface area contributed by atoms with E-state index in [9.17, 15) is 19.2 Å². The van der Waals surface area contributed by atoms with E-state index in [0.717, 1.165) is 10.2 Å². The van der Waals surface area contributed by atoms with Crippen LogP contribution in [0.5, 0.6) is 0 Å². The highest BCUT2D eigenvalue weighted by Crippen LogP contribution is 2.14. The molecule has 10 nitrogen and oxygen atoms in total. The van der Waals surface area contributed by atoms with Gasteiger partial charge in [-0.05, 0) is 37.6 Å². The first kappa shape index (κ1) is 24.2. The monoisotopic (exact) mass is 496 g/mol. The first-order valence-electron chi connectivity index (χ1n) is 11.2. The van der Waals surface area contributed by atoms with Gasteiger partial charge in [-0.3, -0.25) is 19.0 Å². The molecule has 182 valence electrons. The van der Waals surface area contributed by atoms with Crippen LogP contribution >= 0.6 is 11.6 Å². The number of amides is 2. The largest absolute Gasteiger partial charge is 0.354 e. The van der Waals surface area contributed by atoms with Crippen LogP contribution in [0.25, 0.3) is 16.7 Å². The molecule has 2 N–H and O–H groups in total. The van der Waals surface area contributed by atoms with E-state index in [0.29, 0.717) is 15.9 Å². The zero-order chi connectivity index (χ0) is 25.1. The number of carbonyl (C=O) groups excluding carboxylic acids is 2. The van der Waals surface area contributed by atoms with Crippen LogP contribution in [0.4, 0.5) is 0 Å². The summed E-state index contributed by atoms with van der Waals surface area (Å²) >= 11 is 6.13. The van der Waals surface area contributed by atoms with Gasteiger partial charge >= 0.3 is 5.69 Å². The van der Waals surface area contributed by atoms with Gasteiger partial charge in [0.2, 0.25) is 17.6 Å². The standard InChI is InChI=1S/C24H25ClN6O4/c1-15(2)27-20(32)11-12-29-22(34)17-8-4-6-10-19(17)31-23(29)28-30(24(31)35)14-21(33)26-13-16-7-3-5-9-18(16)25/h3-10,15H,11-14H2,1-2H3,(H,26,33)(H,27,32). The number of benzene rings is 2. The Hall–Kier alpha value is -3.92. The number of nitrogens with zero attached hydrogens (tertiary/aromatic N) is 4. The summed E-state index contributed by atoms with van der Waals surface area (Å²) in [4.78, 5) is 51.2. The molecule has 0 radical (unpaired) electrons. The van der Waals surface area contributed by atoms with Crippen LogP contribution in [0.1, 0.15) is 25.8 Å². The molecule has 0 fully saturated rings. The minimum Gasteiger partial charge on any atom is -0.354 e. The number of hydrogen-bond donors (Lipinski definition) is 2. The molecule has 2 aromatic heterocycles. The average molecular weight is 497 g/mol. The van der Waals surface area contributed by atoms with Crippen molar-refractivity contribution in [3.63, 3.8) is 0 Å². The number of rotatable bonds is 8. The van der Waals surface area contributed by atoms with Crippen molar-refractivity contribution < 1.29 is 9.59 Å². The lowest BCUT2D eigenvalue weighted by Gasteiger charge is -2.11. The molecule has 0 aliphatic heterocycles. The normalized spacial score (nSPS) is 11.3. The highest BCUT2D eigenvalue weighted by Gasteiger charge is 2.19. The van der Waals surface area contributed by atoms with Crippen molar-refractivity contribution in [3.05, 3.63) is 80.0 Å². The fraction of sp³-hybridized carbons (Fsp3) is 0.292. The zero-order valence-electron chi connectivity index (χ0n) is 19.3. The lowest BCUT2D eigenvalue weighted by molar-refractivity contribution is -0.122. The second-order valence-electron chi connectivity index (χ2n) is 8.39. The fourth-order valence-corrected chi connectivity index (χ4v) is 4.01. The Morgan fingerprint density at radius 2 is 1.74 bits per heavy atom. The molecular formula is C24H25ClN6O4. The van der Waals surface area contributed by atoms with E-state index in [-0.39, 0.29) is 49.3 Å². The second kappa shape index (κ2) is 10.1. The third-order valence-corrected chi connectivity index (χ3v) is 5.79. The van der Waals surface area contributed by atoms with Crippen molar-refractivity contribution in [2.24, 2.45) is 0 Å².